The largest absolute Gasteiger partial charge is 0.440 e. The number of aromatic nitrogens is 1. The van der Waals surface area contributed by atoms with Gasteiger partial charge in [0.05, 0.1) is 0 Å². The third-order valence-corrected chi connectivity index (χ3v) is 5.88. The normalized spacial score (nSPS) is 23.1. The van der Waals surface area contributed by atoms with E-state index in [-0.39, 0.29) is 17.9 Å². The molecule has 3 fully saturated rings. The first kappa shape index (κ1) is 17.9. The van der Waals surface area contributed by atoms with Crippen LogP contribution in [0.3, 0.4) is 0 Å². The van der Waals surface area contributed by atoms with E-state index in [1.54, 1.807) is 42.6 Å². The predicted octanol–water partition coefficient (Wildman–Crippen LogP) is 2.90. The Morgan fingerprint density at radius 1 is 1.07 bits per heavy atom. The highest BCUT2D eigenvalue weighted by Crippen LogP contribution is 2.28. The Morgan fingerprint density at radius 2 is 1.86 bits per heavy atom. The van der Waals surface area contributed by atoms with E-state index >= 15 is 0 Å². The van der Waals surface area contributed by atoms with E-state index in [1.807, 2.05) is 6.07 Å². The van der Waals surface area contributed by atoms with Gasteiger partial charge in [0.1, 0.15) is 11.3 Å². The molecule has 0 radical (unpaired) electrons. The van der Waals surface area contributed by atoms with Gasteiger partial charge in [-0.3, -0.25) is 19.9 Å². The van der Waals surface area contributed by atoms with Crippen molar-refractivity contribution < 1.29 is 14.0 Å². The van der Waals surface area contributed by atoms with Crippen molar-refractivity contribution in [2.45, 2.75) is 18.9 Å². The first-order valence-electron chi connectivity index (χ1n) is 9.95. The topological polar surface area (TPSA) is 87.5 Å². The van der Waals surface area contributed by atoms with Crippen molar-refractivity contribution >= 4 is 28.7 Å². The van der Waals surface area contributed by atoms with E-state index in [1.165, 1.54) is 0 Å². The number of carbonyl (C=O) groups excluding carboxylic acids is 2. The minimum Gasteiger partial charge on any atom is -0.440 e. The van der Waals surface area contributed by atoms with Crippen LogP contribution in [0.25, 0.3) is 11.0 Å². The summed E-state index contributed by atoms with van der Waals surface area (Å²) < 4.78 is 5.73. The highest BCUT2D eigenvalue weighted by atomic mass is 16.4. The molecule has 148 valence electrons. The van der Waals surface area contributed by atoms with Crippen LogP contribution in [0, 0.1) is 5.92 Å². The highest BCUT2D eigenvalue weighted by molar-refractivity contribution is 6.04. The van der Waals surface area contributed by atoms with Crippen molar-refractivity contribution in [1.82, 2.24) is 15.2 Å². The van der Waals surface area contributed by atoms with Crippen molar-refractivity contribution in [2.24, 2.45) is 5.92 Å². The first-order valence-corrected chi connectivity index (χ1v) is 9.95. The summed E-state index contributed by atoms with van der Waals surface area (Å²) in [6, 6.07) is 12.4. The van der Waals surface area contributed by atoms with E-state index in [0.717, 1.165) is 37.9 Å². The Labute approximate surface area is 168 Å². The lowest BCUT2D eigenvalue weighted by Crippen LogP contribution is -2.57. The van der Waals surface area contributed by atoms with Crippen LogP contribution in [0.15, 0.2) is 53.1 Å². The molecule has 0 aliphatic carbocycles. The molecule has 3 saturated heterocycles. The molecule has 3 aliphatic rings. The third-order valence-electron chi connectivity index (χ3n) is 5.88. The molecule has 0 saturated carbocycles. The molecule has 5 heterocycles. The molecule has 7 nitrogen and oxygen atoms in total. The fraction of sp³-hybridized carbons (Fsp3) is 0.318. The van der Waals surface area contributed by atoms with Crippen molar-refractivity contribution in [2.75, 3.05) is 25.0 Å². The zero-order valence-corrected chi connectivity index (χ0v) is 15.9. The predicted molar refractivity (Wildman–Crippen MR) is 109 cm³/mol. The van der Waals surface area contributed by atoms with Gasteiger partial charge in [-0.1, -0.05) is 18.2 Å². The van der Waals surface area contributed by atoms with Crippen molar-refractivity contribution in [3.8, 4) is 0 Å². The van der Waals surface area contributed by atoms with Gasteiger partial charge in [0, 0.05) is 41.9 Å². The molecule has 2 amide bonds. The zero-order valence-electron chi connectivity index (χ0n) is 15.9. The first-order chi connectivity index (χ1) is 14.2. The van der Waals surface area contributed by atoms with Crippen LogP contribution >= 0.6 is 0 Å². The molecule has 29 heavy (non-hydrogen) atoms. The number of nitrogens with one attached hydrogen (secondary N) is 2. The Kier molecular flexibility index (Phi) is 4.52. The Morgan fingerprint density at radius 3 is 2.59 bits per heavy atom. The standard InChI is InChI=1S/C22H22N4O3/c27-21(15-4-2-1-3-5-15)25-20-10-16-12-23-17(11-19(16)29-20)22(28)24-18-13-26-8-6-14(18)7-9-26/h1-5,10-12,14,18H,6-9,13H2,(H,24,28)(H,25,27)/t18-/m0/s1. The number of pyridine rings is 1. The molecule has 3 aliphatic heterocycles. The lowest BCUT2D eigenvalue weighted by atomic mass is 9.84. The molecule has 0 unspecified atom stereocenters. The maximum absolute atomic E-state index is 12.7. The van der Waals surface area contributed by atoms with Crippen LogP contribution in [0.1, 0.15) is 33.7 Å². The van der Waals surface area contributed by atoms with Gasteiger partial charge in [0.2, 0.25) is 5.88 Å². The fourth-order valence-corrected chi connectivity index (χ4v) is 4.26. The molecule has 2 bridgehead atoms. The van der Waals surface area contributed by atoms with Crippen molar-refractivity contribution in [1.29, 1.82) is 0 Å². The minimum absolute atomic E-state index is 0.180. The number of furan rings is 1. The highest BCUT2D eigenvalue weighted by Gasteiger charge is 2.35. The minimum atomic E-state index is -0.252. The quantitative estimate of drug-likeness (QED) is 0.715. The summed E-state index contributed by atoms with van der Waals surface area (Å²) in [5, 5.41) is 6.61. The molecule has 0 spiro atoms. The van der Waals surface area contributed by atoms with E-state index < -0.39 is 0 Å². The lowest BCUT2D eigenvalue weighted by Gasteiger charge is -2.44. The van der Waals surface area contributed by atoms with Crippen LogP contribution < -0.4 is 10.6 Å². The molecule has 3 aromatic rings. The summed E-state index contributed by atoms with van der Waals surface area (Å²) in [5.41, 5.74) is 1.38. The number of rotatable bonds is 4. The van der Waals surface area contributed by atoms with Crippen LogP contribution in [0.5, 0.6) is 0 Å². The second-order valence-electron chi connectivity index (χ2n) is 7.76. The summed E-state index contributed by atoms with van der Waals surface area (Å²) in [6.45, 7) is 3.17. The van der Waals surface area contributed by atoms with Crippen LogP contribution in [-0.2, 0) is 0 Å². The van der Waals surface area contributed by atoms with E-state index in [2.05, 4.69) is 20.5 Å². The number of piperidine rings is 3. The summed E-state index contributed by atoms with van der Waals surface area (Å²) in [5.74, 6) is 0.441. The number of amides is 2. The molecule has 1 atom stereocenters. The van der Waals surface area contributed by atoms with Gasteiger partial charge in [-0.2, -0.15) is 0 Å². The monoisotopic (exact) mass is 390 g/mol. The van der Waals surface area contributed by atoms with Gasteiger partial charge in [-0.05, 0) is 44.0 Å². The second-order valence-corrected chi connectivity index (χ2v) is 7.76. The number of nitrogens with zero attached hydrogens (tertiary/aromatic N) is 2. The molecule has 7 heteroatoms. The Hall–Kier alpha value is -3.19. The third kappa shape index (κ3) is 3.61. The van der Waals surface area contributed by atoms with Gasteiger partial charge in [-0.15, -0.1) is 0 Å². The van der Waals surface area contributed by atoms with Gasteiger partial charge in [-0.25, -0.2) is 0 Å². The van der Waals surface area contributed by atoms with Crippen LogP contribution in [-0.4, -0.2) is 47.4 Å². The maximum Gasteiger partial charge on any atom is 0.270 e. The number of anilines is 1. The smallest absolute Gasteiger partial charge is 0.270 e. The Bertz CT molecular complexity index is 1050. The number of benzene rings is 1. The molecular formula is C22H22N4O3. The number of carbonyl (C=O) groups is 2. The van der Waals surface area contributed by atoms with Gasteiger partial charge in [0.15, 0.2) is 0 Å². The molecule has 2 aromatic heterocycles. The van der Waals surface area contributed by atoms with Gasteiger partial charge >= 0.3 is 0 Å². The number of fused-ring (bicyclic) bond motifs is 4. The zero-order chi connectivity index (χ0) is 19.8. The number of hydrogen-bond donors (Lipinski definition) is 2. The van der Waals surface area contributed by atoms with Crippen LogP contribution in [0.4, 0.5) is 5.88 Å². The van der Waals surface area contributed by atoms with Gasteiger partial charge < -0.3 is 14.6 Å². The maximum atomic E-state index is 12.7. The summed E-state index contributed by atoms with van der Waals surface area (Å²) in [6.07, 6.45) is 3.88. The molecular weight excluding hydrogens is 368 g/mol. The fourth-order valence-electron chi connectivity index (χ4n) is 4.26. The average Bonchev–Trinajstić information content (AvgIpc) is 3.16. The van der Waals surface area contributed by atoms with E-state index in [0.29, 0.717) is 28.6 Å². The average molecular weight is 390 g/mol. The van der Waals surface area contributed by atoms with E-state index in [9.17, 15) is 9.59 Å². The number of hydrogen-bond acceptors (Lipinski definition) is 5. The molecule has 1 aromatic carbocycles. The van der Waals surface area contributed by atoms with Crippen LogP contribution in [0.2, 0.25) is 0 Å². The Balaban J connectivity index is 1.30. The summed E-state index contributed by atoms with van der Waals surface area (Å²) >= 11 is 0. The van der Waals surface area contributed by atoms with E-state index in [4.69, 9.17) is 4.42 Å². The lowest BCUT2D eigenvalue weighted by molar-refractivity contribution is 0.0617. The SMILES string of the molecule is O=C(Nc1cc2cnc(C(=O)N[C@H]3CN4CCC3CC4)cc2o1)c1ccccc1. The van der Waals surface area contributed by atoms with Gasteiger partial charge in [0.25, 0.3) is 11.8 Å². The van der Waals surface area contributed by atoms with Crippen molar-refractivity contribution in [3.63, 3.8) is 0 Å². The molecule has 2 N–H and O–H groups in total. The van der Waals surface area contributed by atoms with Crippen molar-refractivity contribution in [3.05, 3.63) is 59.9 Å². The summed E-state index contributed by atoms with van der Waals surface area (Å²) in [7, 11) is 0. The summed E-state index contributed by atoms with van der Waals surface area (Å²) in [4.78, 5) is 31.7. The second kappa shape index (κ2) is 7.33. The molecule has 6 rings (SSSR count).